The molecule has 0 radical (unpaired) electrons. The van der Waals surface area contributed by atoms with Gasteiger partial charge in [0.25, 0.3) is 0 Å². The number of hydrogen-bond acceptors (Lipinski definition) is 0. The normalized spacial score (nSPS) is 12.0. The van der Waals surface area contributed by atoms with Crippen LogP contribution in [-0.2, 0) is 10.8 Å². The van der Waals surface area contributed by atoms with Crippen LogP contribution in [0.1, 0.15) is 54.1 Å². The van der Waals surface area contributed by atoms with Crippen LogP contribution in [0.25, 0.3) is 11.1 Å². The Bertz CT molecular complexity index is 637. The van der Waals surface area contributed by atoms with Crippen LogP contribution in [0, 0.1) is 0 Å². The predicted molar refractivity (Wildman–Crippen MR) is 98.1 cm³/mol. The van der Waals surface area contributed by atoms with Gasteiger partial charge in [-0.15, -0.1) is 0 Å². The largest absolute Gasteiger partial charge is 1.00 e. The summed E-state index contributed by atoms with van der Waals surface area (Å²) in [5, 5.41) is 0. The molecule has 0 aliphatic heterocycles. The van der Waals surface area contributed by atoms with E-state index in [-0.39, 0.29) is 31.1 Å². The van der Waals surface area contributed by atoms with Crippen LogP contribution in [0.4, 0.5) is 0 Å². The number of hydrogen-bond donors (Lipinski definition) is 0. The van der Waals surface area contributed by atoms with Crippen molar-refractivity contribution >= 4 is 15.9 Å². The summed E-state index contributed by atoms with van der Waals surface area (Å²) in [5.41, 5.74) is 5.61. The third kappa shape index (κ3) is 4.08. The van der Waals surface area contributed by atoms with Crippen molar-refractivity contribution in [2.24, 2.45) is 0 Å². The van der Waals surface area contributed by atoms with Crippen LogP contribution in [0.15, 0.2) is 46.9 Å². The maximum atomic E-state index is 3.90. The molecule has 0 atom stereocenters. The molecule has 2 aromatic rings. The zero-order valence-electron chi connectivity index (χ0n) is 15.9. The Kier molecular flexibility index (Phi) is 6.19. The molecule has 0 fully saturated rings. The van der Waals surface area contributed by atoms with Crippen molar-refractivity contribution in [3.8, 4) is 11.1 Å². The first-order valence-electron chi connectivity index (χ1n) is 7.51. The van der Waals surface area contributed by atoms with Crippen LogP contribution >= 0.6 is 15.9 Å². The van der Waals surface area contributed by atoms with Crippen molar-refractivity contribution in [2.45, 2.75) is 52.4 Å². The van der Waals surface area contributed by atoms with Gasteiger partial charge in [0.05, 0.1) is 0 Å². The second kappa shape index (κ2) is 6.96. The third-order valence-corrected chi connectivity index (χ3v) is 4.61. The summed E-state index contributed by atoms with van der Waals surface area (Å²) in [5.74, 6) is 0. The number of halogens is 1. The number of benzene rings is 2. The zero-order chi connectivity index (χ0) is 15.8. The van der Waals surface area contributed by atoms with E-state index >= 15 is 0 Å². The molecule has 0 nitrogen and oxygen atoms in total. The molecule has 2 rings (SSSR count). The van der Waals surface area contributed by atoms with Gasteiger partial charge in [-0.05, 0) is 49.0 Å². The molecule has 0 aliphatic rings. The molecule has 0 saturated carbocycles. The van der Waals surface area contributed by atoms with E-state index in [0.29, 0.717) is 0 Å². The minimum absolute atomic E-state index is 0. The molecule has 0 heterocycles. The molecule has 0 bridgehead atoms. The van der Waals surface area contributed by atoms with Gasteiger partial charge >= 0.3 is 18.9 Å². The standard InChI is InChI=1S/C20H25Br.Li.H/c1-19(2,3)16-13-12-15(14-10-8-7-9-11-14)18(21)17(16)20(4,5)6;;/h7-13H,1-6H3;;/q;+1;-1. The Morgan fingerprint density at radius 1 is 0.773 bits per heavy atom. The van der Waals surface area contributed by atoms with Gasteiger partial charge in [-0.25, -0.2) is 0 Å². The summed E-state index contributed by atoms with van der Waals surface area (Å²) in [7, 11) is 0. The Balaban J connectivity index is 0.00000242. The Morgan fingerprint density at radius 2 is 1.32 bits per heavy atom. The molecule has 2 aromatic carbocycles. The predicted octanol–water partition coefficient (Wildman–Crippen LogP) is 3.83. The molecular formula is C20H26BrLi. The minimum Gasteiger partial charge on any atom is -1.00 e. The molecule has 2 heteroatoms. The summed E-state index contributed by atoms with van der Waals surface area (Å²) in [4.78, 5) is 0. The Hall–Kier alpha value is -0.483. The monoisotopic (exact) mass is 352 g/mol. The van der Waals surface area contributed by atoms with Crippen LogP contribution in [0.3, 0.4) is 0 Å². The Morgan fingerprint density at radius 3 is 1.77 bits per heavy atom. The summed E-state index contributed by atoms with van der Waals surface area (Å²) in [6, 6.07) is 15.1. The van der Waals surface area contributed by atoms with Crippen molar-refractivity contribution in [1.29, 1.82) is 0 Å². The van der Waals surface area contributed by atoms with E-state index in [1.165, 1.54) is 26.7 Å². The fraction of sp³-hybridized carbons (Fsp3) is 0.400. The van der Waals surface area contributed by atoms with E-state index < -0.39 is 0 Å². The molecule has 0 amide bonds. The van der Waals surface area contributed by atoms with Crippen molar-refractivity contribution in [1.82, 2.24) is 0 Å². The fourth-order valence-electron chi connectivity index (χ4n) is 2.77. The quantitative estimate of drug-likeness (QED) is 0.684. The second-order valence-electron chi connectivity index (χ2n) is 7.72. The molecule has 0 saturated heterocycles. The van der Waals surface area contributed by atoms with E-state index in [4.69, 9.17) is 0 Å². The van der Waals surface area contributed by atoms with Crippen LogP contribution in [0.2, 0.25) is 0 Å². The van der Waals surface area contributed by atoms with Gasteiger partial charge < -0.3 is 1.43 Å². The maximum Gasteiger partial charge on any atom is 1.00 e. The van der Waals surface area contributed by atoms with Gasteiger partial charge in [0, 0.05) is 4.47 Å². The van der Waals surface area contributed by atoms with E-state index in [1.54, 1.807) is 0 Å². The van der Waals surface area contributed by atoms with Crippen molar-refractivity contribution in [3.63, 3.8) is 0 Å². The first kappa shape index (κ1) is 19.6. The Labute approximate surface area is 157 Å². The van der Waals surface area contributed by atoms with Crippen molar-refractivity contribution in [2.75, 3.05) is 0 Å². The van der Waals surface area contributed by atoms with Gasteiger partial charge in [-0.2, -0.15) is 0 Å². The summed E-state index contributed by atoms with van der Waals surface area (Å²) in [6.07, 6.45) is 0. The van der Waals surface area contributed by atoms with E-state index in [0.717, 1.165) is 0 Å². The summed E-state index contributed by atoms with van der Waals surface area (Å²) in [6.45, 7) is 13.7. The average Bonchev–Trinajstić information content (AvgIpc) is 2.36. The summed E-state index contributed by atoms with van der Waals surface area (Å²) >= 11 is 3.90. The van der Waals surface area contributed by atoms with Gasteiger partial charge in [0.2, 0.25) is 0 Å². The molecule has 0 spiro atoms. The van der Waals surface area contributed by atoms with Gasteiger partial charge in [0.15, 0.2) is 0 Å². The number of rotatable bonds is 1. The average molecular weight is 353 g/mol. The molecule has 22 heavy (non-hydrogen) atoms. The molecule has 0 unspecified atom stereocenters. The van der Waals surface area contributed by atoms with Gasteiger partial charge in [-0.1, -0.05) is 84.0 Å². The fourth-order valence-corrected chi connectivity index (χ4v) is 3.94. The maximum absolute atomic E-state index is 3.90. The molecular weight excluding hydrogens is 327 g/mol. The van der Waals surface area contributed by atoms with Crippen molar-refractivity contribution < 1.29 is 20.3 Å². The first-order valence-corrected chi connectivity index (χ1v) is 8.30. The minimum atomic E-state index is 0. The smallest absolute Gasteiger partial charge is 1.00 e. The zero-order valence-corrected chi connectivity index (χ0v) is 16.5. The van der Waals surface area contributed by atoms with E-state index in [1.807, 2.05) is 0 Å². The molecule has 0 aromatic heterocycles. The van der Waals surface area contributed by atoms with Gasteiger partial charge in [-0.3, -0.25) is 0 Å². The molecule has 114 valence electrons. The van der Waals surface area contributed by atoms with E-state index in [9.17, 15) is 0 Å². The molecule has 0 N–H and O–H groups in total. The molecule has 0 aliphatic carbocycles. The SMILES string of the molecule is CC(C)(C)c1ccc(-c2ccccc2)c(Br)c1C(C)(C)C.[H-].[Li+]. The topological polar surface area (TPSA) is 0 Å². The summed E-state index contributed by atoms with van der Waals surface area (Å²) < 4.78 is 1.23. The van der Waals surface area contributed by atoms with Crippen molar-refractivity contribution in [3.05, 3.63) is 58.1 Å². The first-order chi connectivity index (χ1) is 9.62. The van der Waals surface area contributed by atoms with Crippen LogP contribution < -0.4 is 18.9 Å². The van der Waals surface area contributed by atoms with E-state index in [2.05, 4.69) is 99.9 Å². The van der Waals surface area contributed by atoms with Crippen LogP contribution in [-0.4, -0.2) is 0 Å². The van der Waals surface area contributed by atoms with Gasteiger partial charge in [0.1, 0.15) is 0 Å². The second-order valence-corrected chi connectivity index (χ2v) is 8.51. The van der Waals surface area contributed by atoms with Crippen LogP contribution in [0.5, 0.6) is 0 Å². The third-order valence-electron chi connectivity index (χ3n) is 3.78.